The summed E-state index contributed by atoms with van der Waals surface area (Å²) >= 11 is 5.95. The maximum Gasteiger partial charge on any atom is 0.273 e. The van der Waals surface area contributed by atoms with Crippen LogP contribution in [0.25, 0.3) is 11.4 Å². The maximum absolute atomic E-state index is 12.2. The fraction of sp³-hybridized carbons (Fsp3) is 0.474. The number of halogens is 1. The van der Waals surface area contributed by atoms with Crippen LogP contribution in [0, 0.1) is 5.92 Å². The topological polar surface area (TPSA) is 87.7 Å². The van der Waals surface area contributed by atoms with Gasteiger partial charge in [-0.05, 0) is 30.9 Å². The lowest BCUT2D eigenvalue weighted by Gasteiger charge is -2.21. The summed E-state index contributed by atoms with van der Waals surface area (Å²) in [5.41, 5.74) is 0.637. The number of rotatable bonds is 6. The summed E-state index contributed by atoms with van der Waals surface area (Å²) in [6.07, 6.45) is 6.70. The highest BCUT2D eigenvalue weighted by atomic mass is 35.5. The molecule has 1 heterocycles. The van der Waals surface area contributed by atoms with Gasteiger partial charge < -0.3 is 10.3 Å². The third-order valence-corrected chi connectivity index (χ3v) is 5.00. The molecule has 7 heteroatoms. The zero-order valence-electron chi connectivity index (χ0n) is 14.6. The van der Waals surface area contributed by atoms with Crippen LogP contribution in [-0.4, -0.2) is 27.6 Å². The van der Waals surface area contributed by atoms with Crippen LogP contribution in [0.1, 0.15) is 44.2 Å². The van der Waals surface area contributed by atoms with Gasteiger partial charge >= 0.3 is 0 Å². The van der Waals surface area contributed by atoms with Crippen LogP contribution in [0.15, 0.2) is 29.1 Å². The number of hydrogen-bond acceptors (Lipinski definition) is 4. The number of carbonyl (C=O) groups excluding carboxylic acids is 1. The van der Waals surface area contributed by atoms with Crippen molar-refractivity contribution in [3.05, 3.63) is 45.3 Å². The summed E-state index contributed by atoms with van der Waals surface area (Å²) in [5.74, 6) is 0.909. The molecule has 2 N–H and O–H groups in total. The van der Waals surface area contributed by atoms with E-state index in [-0.39, 0.29) is 30.0 Å². The van der Waals surface area contributed by atoms with Crippen LogP contribution in [0.5, 0.6) is 0 Å². The van der Waals surface area contributed by atoms with Crippen molar-refractivity contribution in [1.29, 1.82) is 0 Å². The minimum absolute atomic E-state index is 0.0457. The van der Waals surface area contributed by atoms with Crippen LogP contribution in [-0.2, 0) is 11.2 Å². The monoisotopic (exact) mass is 374 g/mol. The van der Waals surface area contributed by atoms with E-state index in [1.165, 1.54) is 32.1 Å². The van der Waals surface area contributed by atoms with Gasteiger partial charge in [0.2, 0.25) is 5.91 Å². The molecule has 1 fully saturated rings. The quantitative estimate of drug-likeness (QED) is 0.813. The molecule has 0 saturated heterocycles. The van der Waals surface area contributed by atoms with Gasteiger partial charge in [-0.15, -0.1) is 10.2 Å². The van der Waals surface area contributed by atoms with Crippen LogP contribution < -0.4 is 10.9 Å². The van der Waals surface area contributed by atoms with E-state index >= 15 is 0 Å². The fourth-order valence-electron chi connectivity index (χ4n) is 3.26. The summed E-state index contributed by atoms with van der Waals surface area (Å²) in [6, 6.07) is 7.03. The molecule has 1 aromatic heterocycles. The standard InChI is InChI=1S/C19H23ClN4O2/c20-15-8-4-7-14(11-15)18-22-19(26)16(23-24-18)9-10-17(25)21-12-13-5-2-1-3-6-13/h4,7-8,11,13H,1-3,5-6,9-10,12H2,(H,21,25)(H,22,24,26). The zero-order valence-corrected chi connectivity index (χ0v) is 15.4. The van der Waals surface area contributed by atoms with E-state index in [4.69, 9.17) is 11.6 Å². The van der Waals surface area contributed by atoms with Gasteiger partial charge in [-0.3, -0.25) is 9.59 Å². The Morgan fingerprint density at radius 1 is 1.23 bits per heavy atom. The van der Waals surface area contributed by atoms with E-state index < -0.39 is 0 Å². The van der Waals surface area contributed by atoms with Gasteiger partial charge in [-0.2, -0.15) is 0 Å². The number of carbonyl (C=O) groups is 1. The molecule has 6 nitrogen and oxygen atoms in total. The molecule has 2 aromatic rings. The van der Waals surface area contributed by atoms with Crippen LogP contribution in [0.3, 0.4) is 0 Å². The van der Waals surface area contributed by atoms with Gasteiger partial charge in [0, 0.05) is 30.0 Å². The first-order chi connectivity index (χ1) is 12.6. The number of H-pyrrole nitrogens is 1. The SMILES string of the molecule is O=C(CCc1nnc(-c2cccc(Cl)c2)[nH]c1=O)NCC1CCCCC1. The fourth-order valence-corrected chi connectivity index (χ4v) is 3.45. The minimum atomic E-state index is -0.324. The molecule has 3 rings (SSSR count). The average molecular weight is 375 g/mol. The summed E-state index contributed by atoms with van der Waals surface area (Å²) < 4.78 is 0. The molecule has 1 aliphatic rings. The number of nitrogens with zero attached hydrogens (tertiary/aromatic N) is 2. The Hall–Kier alpha value is -2.21. The molecule has 0 radical (unpaired) electrons. The molecule has 1 amide bonds. The first-order valence-electron chi connectivity index (χ1n) is 9.10. The van der Waals surface area contributed by atoms with Crippen molar-refractivity contribution >= 4 is 17.5 Å². The molecular weight excluding hydrogens is 352 g/mol. The highest BCUT2D eigenvalue weighted by molar-refractivity contribution is 6.30. The van der Waals surface area contributed by atoms with E-state index in [2.05, 4.69) is 20.5 Å². The number of aromatic nitrogens is 3. The van der Waals surface area contributed by atoms with E-state index in [0.29, 0.717) is 22.3 Å². The molecular formula is C19H23ClN4O2. The Balaban J connectivity index is 1.53. The Morgan fingerprint density at radius 2 is 2.04 bits per heavy atom. The van der Waals surface area contributed by atoms with Crippen LogP contribution >= 0.6 is 11.6 Å². The molecule has 0 bridgehead atoms. The highest BCUT2D eigenvalue weighted by Crippen LogP contribution is 2.22. The van der Waals surface area contributed by atoms with Crippen molar-refractivity contribution in [2.24, 2.45) is 5.92 Å². The van der Waals surface area contributed by atoms with Crippen molar-refractivity contribution < 1.29 is 4.79 Å². The molecule has 138 valence electrons. The second-order valence-electron chi connectivity index (χ2n) is 6.77. The third kappa shape index (κ3) is 5.14. The first kappa shape index (κ1) is 18.6. The van der Waals surface area contributed by atoms with Gasteiger partial charge in [0.25, 0.3) is 5.56 Å². The average Bonchev–Trinajstić information content (AvgIpc) is 2.66. The van der Waals surface area contributed by atoms with Gasteiger partial charge in [0.1, 0.15) is 5.69 Å². The normalized spacial score (nSPS) is 15.0. The molecule has 1 aliphatic carbocycles. The predicted octanol–water partition coefficient (Wildman–Crippen LogP) is 3.11. The third-order valence-electron chi connectivity index (χ3n) is 4.76. The molecule has 0 spiro atoms. The number of nitrogens with one attached hydrogen (secondary N) is 2. The Morgan fingerprint density at radius 3 is 2.77 bits per heavy atom. The van der Waals surface area contributed by atoms with E-state index in [1.54, 1.807) is 24.3 Å². The van der Waals surface area contributed by atoms with Crippen molar-refractivity contribution in [2.45, 2.75) is 44.9 Å². The number of amides is 1. The Labute approximate surface area is 157 Å². The first-order valence-corrected chi connectivity index (χ1v) is 9.48. The summed E-state index contributed by atoms with van der Waals surface area (Å²) in [5, 5.41) is 11.6. The summed E-state index contributed by atoms with van der Waals surface area (Å²) in [6.45, 7) is 0.731. The zero-order chi connectivity index (χ0) is 18.4. The van der Waals surface area contributed by atoms with Gasteiger partial charge in [-0.25, -0.2) is 0 Å². The molecule has 0 aliphatic heterocycles. The van der Waals surface area contributed by atoms with E-state index in [1.807, 2.05) is 0 Å². The van der Waals surface area contributed by atoms with Gasteiger partial charge in [-0.1, -0.05) is 43.0 Å². The number of hydrogen-bond donors (Lipinski definition) is 2. The van der Waals surface area contributed by atoms with E-state index in [0.717, 1.165) is 6.54 Å². The molecule has 26 heavy (non-hydrogen) atoms. The molecule has 1 saturated carbocycles. The Bertz CT molecular complexity index is 815. The lowest BCUT2D eigenvalue weighted by Crippen LogP contribution is -2.31. The maximum atomic E-state index is 12.2. The number of benzene rings is 1. The smallest absolute Gasteiger partial charge is 0.273 e. The Kier molecular flexibility index (Phi) is 6.39. The minimum Gasteiger partial charge on any atom is -0.356 e. The summed E-state index contributed by atoms with van der Waals surface area (Å²) in [4.78, 5) is 26.9. The number of aryl methyl sites for hydroxylation is 1. The molecule has 0 unspecified atom stereocenters. The van der Waals surface area contributed by atoms with Crippen molar-refractivity contribution in [3.63, 3.8) is 0 Å². The second-order valence-corrected chi connectivity index (χ2v) is 7.20. The van der Waals surface area contributed by atoms with Crippen LogP contribution in [0.4, 0.5) is 0 Å². The lowest BCUT2D eigenvalue weighted by molar-refractivity contribution is -0.121. The van der Waals surface area contributed by atoms with Gasteiger partial charge in [0.05, 0.1) is 0 Å². The van der Waals surface area contributed by atoms with E-state index in [9.17, 15) is 9.59 Å². The van der Waals surface area contributed by atoms with Gasteiger partial charge in [0.15, 0.2) is 5.82 Å². The van der Waals surface area contributed by atoms with Crippen molar-refractivity contribution in [2.75, 3.05) is 6.54 Å². The molecule has 0 atom stereocenters. The highest BCUT2D eigenvalue weighted by Gasteiger charge is 2.15. The summed E-state index contributed by atoms with van der Waals surface area (Å²) in [7, 11) is 0. The van der Waals surface area contributed by atoms with Crippen molar-refractivity contribution in [1.82, 2.24) is 20.5 Å². The number of aromatic amines is 1. The second kappa shape index (κ2) is 8.94. The van der Waals surface area contributed by atoms with Crippen LogP contribution in [0.2, 0.25) is 5.02 Å². The molecule has 1 aromatic carbocycles. The predicted molar refractivity (Wildman–Crippen MR) is 101 cm³/mol. The lowest BCUT2D eigenvalue weighted by atomic mass is 9.89. The van der Waals surface area contributed by atoms with Crippen molar-refractivity contribution in [3.8, 4) is 11.4 Å². The largest absolute Gasteiger partial charge is 0.356 e.